The number of nitrogens with zero attached hydrogens (tertiary/aromatic N) is 1. The Morgan fingerprint density at radius 3 is 2.68 bits per heavy atom. The van der Waals surface area contributed by atoms with Gasteiger partial charge in [-0.15, -0.1) is 12.4 Å². The van der Waals surface area contributed by atoms with Crippen LogP contribution in [0.3, 0.4) is 0 Å². The van der Waals surface area contributed by atoms with Crippen LogP contribution in [0.15, 0.2) is 16.8 Å². The van der Waals surface area contributed by atoms with E-state index in [1.165, 1.54) is 25.0 Å². The van der Waals surface area contributed by atoms with Crippen molar-refractivity contribution in [3.8, 4) is 0 Å². The van der Waals surface area contributed by atoms with Crippen molar-refractivity contribution in [2.75, 3.05) is 13.2 Å². The molecule has 0 aliphatic heterocycles. The quantitative estimate of drug-likeness (QED) is 0.410. The number of hydrogen-bond acceptors (Lipinski definition) is 4. The van der Waals surface area contributed by atoms with Crippen LogP contribution in [0.1, 0.15) is 72.1 Å². The van der Waals surface area contributed by atoms with Crippen LogP contribution in [0.5, 0.6) is 0 Å². The van der Waals surface area contributed by atoms with E-state index in [0.717, 1.165) is 38.0 Å². The summed E-state index contributed by atoms with van der Waals surface area (Å²) in [6.45, 7) is 8.03. The number of Topliss-reactive ketones (excluding diaryl/α,β-unsaturated/α-hetero) is 1. The van der Waals surface area contributed by atoms with Crippen molar-refractivity contribution in [2.45, 2.75) is 72.1 Å². The van der Waals surface area contributed by atoms with Gasteiger partial charge in [-0.2, -0.15) is 0 Å². The van der Waals surface area contributed by atoms with Crippen LogP contribution in [-0.2, 0) is 9.63 Å². The van der Waals surface area contributed by atoms with Gasteiger partial charge < -0.3 is 10.6 Å². The maximum atomic E-state index is 12.6. The Kier molecular flexibility index (Phi) is 6.32. The van der Waals surface area contributed by atoms with Crippen LogP contribution in [-0.4, -0.2) is 24.6 Å². The number of allylic oxidation sites excluding steroid dienone is 2. The lowest BCUT2D eigenvalue weighted by molar-refractivity contribution is -0.134. The molecular formula is C23H37ClN2O2. The SMILES string of the molecule is CC=C1C[C@@H]2[C@H](CC[C@]3(C)C(=O)CC[C@@H]23)[C@@]2(C)CCC(=NOCCN)CC12.Cl. The highest BCUT2D eigenvalue weighted by Gasteiger charge is 2.60. The summed E-state index contributed by atoms with van der Waals surface area (Å²) in [4.78, 5) is 18.0. The van der Waals surface area contributed by atoms with Gasteiger partial charge >= 0.3 is 0 Å². The minimum absolute atomic E-state index is 0. The van der Waals surface area contributed by atoms with Crippen molar-refractivity contribution < 1.29 is 9.63 Å². The smallest absolute Gasteiger partial charge is 0.139 e. The Morgan fingerprint density at radius 2 is 1.96 bits per heavy atom. The van der Waals surface area contributed by atoms with Gasteiger partial charge in [0.25, 0.3) is 0 Å². The standard InChI is InChI=1S/C23H36N2O2.ClH/c1-4-15-13-17-18-5-6-21(26)23(18,3)10-8-19(17)22(2)9-7-16(14-20(15)22)25-27-12-11-24;/h4,17-20H,5-14,24H2,1-3H3;1H/t17-,18-,19-,20?,22+,23-;/m0./s1. The molecule has 0 radical (unpaired) electrons. The Hall–Kier alpha value is -0.870. The molecule has 28 heavy (non-hydrogen) atoms. The number of ketones is 1. The maximum Gasteiger partial charge on any atom is 0.139 e. The van der Waals surface area contributed by atoms with E-state index in [0.29, 0.717) is 42.1 Å². The Balaban J connectivity index is 0.00000225. The predicted octanol–water partition coefficient (Wildman–Crippen LogP) is 4.91. The van der Waals surface area contributed by atoms with Gasteiger partial charge in [0, 0.05) is 18.4 Å². The summed E-state index contributed by atoms with van der Waals surface area (Å²) in [5, 5.41) is 4.41. The third-order valence-electron chi connectivity index (χ3n) is 8.87. The molecule has 4 saturated carbocycles. The second-order valence-corrected chi connectivity index (χ2v) is 9.90. The van der Waals surface area contributed by atoms with Gasteiger partial charge in [0.2, 0.25) is 0 Å². The number of oxime groups is 1. The van der Waals surface area contributed by atoms with E-state index in [-0.39, 0.29) is 17.8 Å². The first-order valence-electron chi connectivity index (χ1n) is 11.0. The molecule has 0 amide bonds. The van der Waals surface area contributed by atoms with Crippen molar-refractivity contribution in [2.24, 2.45) is 45.4 Å². The number of fused-ring (bicyclic) bond motifs is 5. The second kappa shape index (κ2) is 8.10. The van der Waals surface area contributed by atoms with Crippen molar-refractivity contribution in [1.82, 2.24) is 0 Å². The molecular weight excluding hydrogens is 372 g/mol. The number of carbonyl (C=O) groups excluding carboxylic acids is 1. The first-order chi connectivity index (χ1) is 12.9. The zero-order valence-electron chi connectivity index (χ0n) is 17.7. The zero-order valence-corrected chi connectivity index (χ0v) is 18.5. The minimum Gasteiger partial charge on any atom is -0.395 e. The van der Waals surface area contributed by atoms with Crippen LogP contribution in [0, 0.1) is 34.5 Å². The number of carbonyl (C=O) groups is 1. The van der Waals surface area contributed by atoms with Gasteiger partial charge in [-0.3, -0.25) is 4.79 Å². The van der Waals surface area contributed by atoms with Crippen molar-refractivity contribution >= 4 is 23.9 Å². The van der Waals surface area contributed by atoms with Crippen LogP contribution >= 0.6 is 12.4 Å². The molecule has 2 N–H and O–H groups in total. The van der Waals surface area contributed by atoms with Crippen LogP contribution in [0.2, 0.25) is 0 Å². The third-order valence-corrected chi connectivity index (χ3v) is 8.87. The van der Waals surface area contributed by atoms with Crippen molar-refractivity contribution in [1.29, 1.82) is 0 Å². The number of rotatable bonds is 3. The molecule has 1 unspecified atom stereocenters. The van der Waals surface area contributed by atoms with Crippen LogP contribution in [0.25, 0.3) is 0 Å². The van der Waals surface area contributed by atoms with E-state index in [9.17, 15) is 4.79 Å². The third kappa shape index (κ3) is 3.25. The van der Waals surface area contributed by atoms with Crippen LogP contribution < -0.4 is 5.73 Å². The molecule has 4 aliphatic carbocycles. The summed E-state index contributed by atoms with van der Waals surface area (Å²) >= 11 is 0. The molecule has 0 heterocycles. The van der Waals surface area contributed by atoms with E-state index < -0.39 is 0 Å². The fraction of sp³-hybridized carbons (Fsp3) is 0.826. The highest BCUT2D eigenvalue weighted by atomic mass is 35.5. The molecule has 0 aromatic carbocycles. The summed E-state index contributed by atoms with van der Waals surface area (Å²) in [5.74, 6) is 3.16. The largest absolute Gasteiger partial charge is 0.395 e. The molecule has 0 bridgehead atoms. The Labute approximate surface area is 176 Å². The van der Waals surface area contributed by atoms with Gasteiger partial charge in [-0.1, -0.05) is 30.7 Å². The highest BCUT2D eigenvalue weighted by molar-refractivity contribution is 5.87. The van der Waals surface area contributed by atoms with Gasteiger partial charge in [0.15, 0.2) is 0 Å². The summed E-state index contributed by atoms with van der Waals surface area (Å²) in [6.07, 6.45) is 11.1. The summed E-state index contributed by atoms with van der Waals surface area (Å²) < 4.78 is 0. The monoisotopic (exact) mass is 408 g/mol. The normalized spacial score (nSPS) is 45.2. The van der Waals surface area contributed by atoms with E-state index >= 15 is 0 Å². The molecule has 5 heteroatoms. The molecule has 4 nitrogen and oxygen atoms in total. The van der Waals surface area contributed by atoms with Crippen LogP contribution in [0.4, 0.5) is 0 Å². The van der Waals surface area contributed by atoms with Crippen molar-refractivity contribution in [3.05, 3.63) is 11.6 Å². The molecule has 4 fully saturated rings. The lowest BCUT2D eigenvalue weighted by Gasteiger charge is -2.60. The molecule has 158 valence electrons. The molecule has 0 aromatic heterocycles. The summed E-state index contributed by atoms with van der Waals surface area (Å²) in [7, 11) is 0. The zero-order chi connectivity index (χ0) is 19.2. The molecule has 4 aliphatic rings. The topological polar surface area (TPSA) is 64.7 Å². The van der Waals surface area contributed by atoms with E-state index in [1.54, 1.807) is 5.57 Å². The predicted molar refractivity (Wildman–Crippen MR) is 116 cm³/mol. The molecule has 6 atom stereocenters. The lowest BCUT2D eigenvalue weighted by atomic mass is 9.44. The van der Waals surface area contributed by atoms with E-state index in [2.05, 4.69) is 32.0 Å². The Bertz CT molecular complexity index is 676. The summed E-state index contributed by atoms with van der Waals surface area (Å²) in [6, 6.07) is 0. The van der Waals surface area contributed by atoms with E-state index in [4.69, 9.17) is 10.6 Å². The first kappa shape index (κ1) is 21.8. The van der Waals surface area contributed by atoms with Gasteiger partial charge in [-0.25, -0.2) is 0 Å². The maximum absolute atomic E-state index is 12.6. The highest BCUT2D eigenvalue weighted by Crippen LogP contribution is 2.66. The van der Waals surface area contributed by atoms with E-state index in [1.807, 2.05) is 0 Å². The number of nitrogens with two attached hydrogens (primary N) is 1. The van der Waals surface area contributed by atoms with Crippen molar-refractivity contribution in [3.63, 3.8) is 0 Å². The van der Waals surface area contributed by atoms with Gasteiger partial charge in [0.1, 0.15) is 12.4 Å². The number of halogens is 1. The molecule has 4 rings (SSSR count). The second-order valence-electron chi connectivity index (χ2n) is 9.90. The first-order valence-corrected chi connectivity index (χ1v) is 11.0. The minimum atomic E-state index is -0.0411. The average molecular weight is 409 g/mol. The fourth-order valence-electron chi connectivity index (χ4n) is 7.33. The molecule has 0 spiro atoms. The van der Waals surface area contributed by atoms with Gasteiger partial charge in [-0.05, 0) is 81.0 Å². The lowest BCUT2D eigenvalue weighted by Crippen LogP contribution is -2.54. The molecule has 0 aromatic rings. The Morgan fingerprint density at radius 1 is 1.18 bits per heavy atom. The summed E-state index contributed by atoms with van der Waals surface area (Å²) in [5.41, 5.74) is 8.63. The average Bonchev–Trinajstić information content (AvgIpc) is 2.96. The number of hydrogen-bond donors (Lipinski definition) is 1. The fourth-order valence-corrected chi connectivity index (χ4v) is 7.33. The molecule has 0 saturated heterocycles. The van der Waals surface area contributed by atoms with Gasteiger partial charge in [0.05, 0.1) is 5.71 Å².